The number of hydrogen-bond acceptors (Lipinski definition) is 5. The molecule has 21 heavy (non-hydrogen) atoms. The first kappa shape index (κ1) is 17.9. The average molecular weight is 300 g/mol. The number of esters is 1. The van der Waals surface area contributed by atoms with E-state index in [0.717, 1.165) is 32.1 Å². The number of carbonyl (C=O) groups is 2. The molecule has 0 aliphatic heterocycles. The fraction of sp³-hybridized carbons (Fsp3) is 0.867. The zero-order valence-corrected chi connectivity index (χ0v) is 13.1. The summed E-state index contributed by atoms with van der Waals surface area (Å²) in [7, 11) is 1.63. The second-order valence-electron chi connectivity index (χ2n) is 5.55. The van der Waals surface area contributed by atoms with E-state index in [2.05, 4.69) is 5.32 Å². The lowest BCUT2D eigenvalue weighted by molar-refractivity contribution is -0.149. The Morgan fingerprint density at radius 2 is 1.95 bits per heavy atom. The minimum Gasteiger partial charge on any atom is -0.466 e. The zero-order chi connectivity index (χ0) is 15.7. The number of carbonyl (C=O) groups excluding carboxylic acids is 2. The Morgan fingerprint density at radius 1 is 1.29 bits per heavy atom. The van der Waals surface area contributed by atoms with E-state index >= 15 is 0 Å². The van der Waals surface area contributed by atoms with Gasteiger partial charge in [0.05, 0.1) is 18.6 Å². The monoisotopic (exact) mass is 300 g/mol. The van der Waals surface area contributed by atoms with Crippen LogP contribution in [-0.2, 0) is 19.1 Å². The lowest BCUT2D eigenvalue weighted by atomic mass is 9.86. The molecule has 6 heteroatoms. The molecule has 0 radical (unpaired) electrons. The van der Waals surface area contributed by atoms with Crippen molar-refractivity contribution in [2.75, 3.05) is 20.3 Å². The van der Waals surface area contributed by atoms with Crippen molar-refractivity contribution < 1.29 is 19.1 Å². The van der Waals surface area contributed by atoms with Crippen LogP contribution in [0.5, 0.6) is 0 Å². The smallest absolute Gasteiger partial charge is 0.308 e. The molecule has 0 aromatic heterocycles. The largest absolute Gasteiger partial charge is 0.466 e. The van der Waals surface area contributed by atoms with Crippen molar-refractivity contribution in [1.82, 2.24) is 5.32 Å². The number of nitrogens with two attached hydrogens (primary N) is 1. The average Bonchev–Trinajstić information content (AvgIpc) is 2.48. The zero-order valence-electron chi connectivity index (χ0n) is 13.1. The predicted octanol–water partition coefficient (Wildman–Crippen LogP) is 0.978. The highest BCUT2D eigenvalue weighted by atomic mass is 16.5. The van der Waals surface area contributed by atoms with Crippen molar-refractivity contribution >= 4 is 11.9 Å². The first-order valence-electron chi connectivity index (χ1n) is 7.80. The molecule has 1 amide bonds. The van der Waals surface area contributed by atoms with Crippen molar-refractivity contribution in [3.63, 3.8) is 0 Å². The molecule has 0 aromatic rings. The summed E-state index contributed by atoms with van der Waals surface area (Å²) in [5.74, 6) is -0.238. The standard InChI is InChI=1S/C15H28N2O4/c1-3-21-15(19)11-6-8-12(9-7-11)17-14(18)13(16)5-4-10-20-2/h11-13H,3-10,16H2,1-2H3,(H,17,18). The molecule has 3 N–H and O–H groups in total. The van der Waals surface area contributed by atoms with Crippen molar-refractivity contribution in [2.45, 2.75) is 57.5 Å². The predicted molar refractivity (Wildman–Crippen MR) is 79.6 cm³/mol. The van der Waals surface area contributed by atoms with Gasteiger partial charge in [0, 0.05) is 19.8 Å². The Labute approximate surface area is 126 Å². The fourth-order valence-corrected chi connectivity index (χ4v) is 2.62. The molecule has 1 unspecified atom stereocenters. The van der Waals surface area contributed by atoms with Crippen LogP contribution in [0, 0.1) is 5.92 Å². The maximum Gasteiger partial charge on any atom is 0.308 e. The quantitative estimate of drug-likeness (QED) is 0.515. The number of nitrogens with one attached hydrogen (secondary N) is 1. The minimum atomic E-state index is -0.483. The van der Waals surface area contributed by atoms with Crippen LogP contribution < -0.4 is 11.1 Å². The summed E-state index contributed by atoms with van der Waals surface area (Å²) in [5, 5.41) is 2.98. The van der Waals surface area contributed by atoms with E-state index in [0.29, 0.717) is 19.6 Å². The van der Waals surface area contributed by atoms with E-state index in [1.54, 1.807) is 7.11 Å². The van der Waals surface area contributed by atoms with Crippen molar-refractivity contribution in [3.8, 4) is 0 Å². The number of hydrogen-bond donors (Lipinski definition) is 2. The molecule has 6 nitrogen and oxygen atoms in total. The molecule has 1 fully saturated rings. The molecule has 0 aromatic carbocycles. The van der Waals surface area contributed by atoms with E-state index in [9.17, 15) is 9.59 Å². The van der Waals surface area contributed by atoms with Gasteiger partial charge in [-0.25, -0.2) is 0 Å². The highest BCUT2D eigenvalue weighted by molar-refractivity contribution is 5.81. The molecule has 0 heterocycles. The summed E-state index contributed by atoms with van der Waals surface area (Å²) in [5.41, 5.74) is 5.85. The lowest BCUT2D eigenvalue weighted by Crippen LogP contribution is -2.47. The van der Waals surface area contributed by atoms with E-state index < -0.39 is 6.04 Å². The maximum absolute atomic E-state index is 12.0. The molecule has 1 aliphatic carbocycles. The van der Waals surface area contributed by atoms with E-state index in [4.69, 9.17) is 15.2 Å². The Hall–Kier alpha value is -1.14. The van der Waals surface area contributed by atoms with Crippen molar-refractivity contribution in [2.24, 2.45) is 11.7 Å². The Balaban J connectivity index is 2.25. The molecule has 1 rings (SSSR count). The molecule has 122 valence electrons. The number of ether oxygens (including phenoxy) is 2. The summed E-state index contributed by atoms with van der Waals surface area (Å²) in [6, 6.07) is -0.361. The Bertz CT molecular complexity index is 328. The lowest BCUT2D eigenvalue weighted by Gasteiger charge is -2.28. The Morgan fingerprint density at radius 3 is 2.52 bits per heavy atom. The van der Waals surface area contributed by atoms with Crippen LogP contribution in [0.4, 0.5) is 0 Å². The van der Waals surface area contributed by atoms with Crippen molar-refractivity contribution in [1.29, 1.82) is 0 Å². The third kappa shape index (κ3) is 6.44. The summed E-state index contributed by atoms with van der Waals surface area (Å²) < 4.78 is 9.98. The second-order valence-corrected chi connectivity index (χ2v) is 5.55. The van der Waals surface area contributed by atoms with Crippen LogP contribution in [0.1, 0.15) is 45.4 Å². The van der Waals surface area contributed by atoms with Gasteiger partial charge in [0.2, 0.25) is 5.91 Å². The first-order valence-corrected chi connectivity index (χ1v) is 7.80. The van der Waals surface area contributed by atoms with E-state index in [1.807, 2.05) is 6.92 Å². The van der Waals surface area contributed by atoms with E-state index in [1.165, 1.54) is 0 Å². The van der Waals surface area contributed by atoms with Gasteiger partial charge in [-0.1, -0.05) is 0 Å². The normalized spacial score (nSPS) is 23.4. The first-order chi connectivity index (χ1) is 10.1. The Kier molecular flexibility index (Phi) is 8.30. The third-order valence-corrected chi connectivity index (χ3v) is 3.89. The number of amides is 1. The third-order valence-electron chi connectivity index (χ3n) is 3.89. The summed E-state index contributed by atoms with van der Waals surface area (Å²) in [6.07, 6.45) is 4.55. The molecular weight excluding hydrogens is 272 g/mol. The van der Waals surface area contributed by atoms with Crippen LogP contribution in [-0.4, -0.2) is 44.3 Å². The molecule has 0 saturated heterocycles. The van der Waals surface area contributed by atoms with Gasteiger partial charge in [-0.3, -0.25) is 9.59 Å². The molecule has 1 saturated carbocycles. The number of rotatable bonds is 8. The topological polar surface area (TPSA) is 90.7 Å². The fourth-order valence-electron chi connectivity index (χ4n) is 2.62. The van der Waals surface area contributed by atoms with Crippen LogP contribution >= 0.6 is 0 Å². The molecule has 1 atom stereocenters. The van der Waals surface area contributed by atoms with Crippen molar-refractivity contribution in [3.05, 3.63) is 0 Å². The number of methoxy groups -OCH3 is 1. The van der Waals surface area contributed by atoms with Crippen LogP contribution in [0.2, 0.25) is 0 Å². The van der Waals surface area contributed by atoms with Gasteiger partial charge in [0.1, 0.15) is 0 Å². The van der Waals surface area contributed by atoms with Gasteiger partial charge in [0.25, 0.3) is 0 Å². The minimum absolute atomic E-state index is 0.0199. The van der Waals surface area contributed by atoms with Crippen LogP contribution in [0.3, 0.4) is 0 Å². The SMILES string of the molecule is CCOC(=O)C1CCC(NC(=O)C(N)CCCOC)CC1. The summed E-state index contributed by atoms with van der Waals surface area (Å²) >= 11 is 0. The van der Waals surface area contributed by atoms with Gasteiger partial charge >= 0.3 is 5.97 Å². The van der Waals surface area contributed by atoms with Crippen LogP contribution in [0.25, 0.3) is 0 Å². The van der Waals surface area contributed by atoms with Gasteiger partial charge in [-0.15, -0.1) is 0 Å². The molecule has 0 spiro atoms. The highest BCUT2D eigenvalue weighted by Crippen LogP contribution is 2.25. The maximum atomic E-state index is 12.0. The van der Waals surface area contributed by atoms with Gasteiger partial charge in [-0.05, 0) is 45.4 Å². The van der Waals surface area contributed by atoms with Gasteiger partial charge in [0.15, 0.2) is 0 Å². The summed E-state index contributed by atoms with van der Waals surface area (Å²) in [6.45, 7) is 2.85. The van der Waals surface area contributed by atoms with Gasteiger partial charge < -0.3 is 20.5 Å². The molecular formula is C15H28N2O4. The van der Waals surface area contributed by atoms with Gasteiger partial charge in [-0.2, -0.15) is 0 Å². The summed E-state index contributed by atoms with van der Waals surface area (Å²) in [4.78, 5) is 23.6. The van der Waals surface area contributed by atoms with E-state index in [-0.39, 0.29) is 23.8 Å². The van der Waals surface area contributed by atoms with Crippen LogP contribution in [0.15, 0.2) is 0 Å². The highest BCUT2D eigenvalue weighted by Gasteiger charge is 2.28. The second kappa shape index (κ2) is 9.73. The molecule has 1 aliphatic rings. The molecule has 0 bridgehead atoms.